The van der Waals surface area contributed by atoms with Gasteiger partial charge in [0.1, 0.15) is 0 Å². The standard InChI is InChI=1S/C8H16O3/c1-5(2)4-7(9)6(3)8(10)11/h5-7,9H,4H2,1-3H3,(H,10,11)/t6-,7-/m0/s1. The molecule has 0 aliphatic rings. The van der Waals surface area contributed by atoms with E-state index in [-0.39, 0.29) is 0 Å². The molecule has 11 heavy (non-hydrogen) atoms. The van der Waals surface area contributed by atoms with Crippen molar-refractivity contribution >= 4 is 5.97 Å². The molecule has 0 aromatic carbocycles. The number of carboxylic acids is 1. The SMILES string of the molecule is CC(C)C[C@H](O)[C@H](C)C(=O)O. The molecule has 0 spiro atoms. The lowest BCUT2D eigenvalue weighted by molar-refractivity contribution is -0.145. The van der Waals surface area contributed by atoms with Crippen molar-refractivity contribution in [3.8, 4) is 0 Å². The van der Waals surface area contributed by atoms with Crippen molar-refractivity contribution in [2.24, 2.45) is 11.8 Å². The molecule has 0 amide bonds. The van der Waals surface area contributed by atoms with Gasteiger partial charge in [0.2, 0.25) is 0 Å². The van der Waals surface area contributed by atoms with E-state index < -0.39 is 18.0 Å². The third-order valence-corrected chi connectivity index (χ3v) is 1.68. The summed E-state index contributed by atoms with van der Waals surface area (Å²) in [7, 11) is 0. The van der Waals surface area contributed by atoms with Crippen LogP contribution in [-0.2, 0) is 4.79 Å². The summed E-state index contributed by atoms with van der Waals surface area (Å²) in [6.07, 6.45) is -0.166. The lowest BCUT2D eigenvalue weighted by atomic mass is 9.96. The molecule has 2 N–H and O–H groups in total. The Balaban J connectivity index is 3.82. The third kappa shape index (κ3) is 3.98. The van der Waals surface area contributed by atoms with Crippen molar-refractivity contribution in [3.05, 3.63) is 0 Å². The first kappa shape index (κ1) is 10.4. The summed E-state index contributed by atoms with van der Waals surface area (Å²) in [5.41, 5.74) is 0. The van der Waals surface area contributed by atoms with Crippen LogP contribution in [0.3, 0.4) is 0 Å². The van der Waals surface area contributed by atoms with Crippen LogP contribution in [0.4, 0.5) is 0 Å². The molecule has 0 aromatic rings. The van der Waals surface area contributed by atoms with E-state index in [1.807, 2.05) is 13.8 Å². The average molecular weight is 160 g/mol. The second kappa shape index (κ2) is 4.34. The number of rotatable bonds is 4. The Morgan fingerprint density at radius 3 is 2.09 bits per heavy atom. The molecule has 0 radical (unpaired) electrons. The van der Waals surface area contributed by atoms with E-state index in [1.54, 1.807) is 0 Å². The molecule has 3 heteroatoms. The summed E-state index contributed by atoms with van der Waals surface area (Å²) in [6, 6.07) is 0. The highest BCUT2D eigenvalue weighted by molar-refractivity contribution is 5.70. The first-order chi connectivity index (χ1) is 4.95. The van der Waals surface area contributed by atoms with E-state index in [9.17, 15) is 9.90 Å². The molecule has 0 fully saturated rings. The van der Waals surface area contributed by atoms with Crippen molar-refractivity contribution < 1.29 is 15.0 Å². The fraction of sp³-hybridized carbons (Fsp3) is 0.875. The molecular formula is C8H16O3. The molecule has 0 aliphatic heterocycles. The number of aliphatic hydroxyl groups is 1. The normalized spacial score (nSPS) is 16.5. The second-order valence-corrected chi connectivity index (χ2v) is 3.32. The minimum atomic E-state index is -0.932. The predicted molar refractivity (Wildman–Crippen MR) is 42.3 cm³/mol. The molecule has 0 aliphatic carbocycles. The van der Waals surface area contributed by atoms with Gasteiger partial charge in [-0.3, -0.25) is 4.79 Å². The summed E-state index contributed by atoms with van der Waals surface area (Å²) in [4.78, 5) is 10.4. The fourth-order valence-corrected chi connectivity index (χ4v) is 0.852. The summed E-state index contributed by atoms with van der Waals surface area (Å²) >= 11 is 0. The van der Waals surface area contributed by atoms with E-state index in [0.717, 1.165) is 0 Å². The topological polar surface area (TPSA) is 57.5 Å². The van der Waals surface area contributed by atoms with Gasteiger partial charge in [0.25, 0.3) is 0 Å². The first-order valence-corrected chi connectivity index (χ1v) is 3.86. The van der Waals surface area contributed by atoms with Gasteiger partial charge < -0.3 is 10.2 Å². The van der Waals surface area contributed by atoms with Gasteiger partial charge in [-0.25, -0.2) is 0 Å². The molecule has 0 aromatic heterocycles. The Morgan fingerprint density at radius 2 is 1.82 bits per heavy atom. The van der Waals surface area contributed by atoms with Gasteiger partial charge in [0, 0.05) is 0 Å². The maximum atomic E-state index is 10.4. The highest BCUT2D eigenvalue weighted by Crippen LogP contribution is 2.12. The van der Waals surface area contributed by atoms with E-state index in [0.29, 0.717) is 12.3 Å². The quantitative estimate of drug-likeness (QED) is 0.647. The summed E-state index contributed by atoms with van der Waals surface area (Å²) in [6.45, 7) is 5.44. The van der Waals surface area contributed by atoms with Gasteiger partial charge in [-0.2, -0.15) is 0 Å². The zero-order chi connectivity index (χ0) is 9.02. The largest absolute Gasteiger partial charge is 0.481 e. The van der Waals surface area contributed by atoms with Crippen LogP contribution in [0.25, 0.3) is 0 Å². The Labute approximate surface area is 67.0 Å². The van der Waals surface area contributed by atoms with Crippen LogP contribution in [0.1, 0.15) is 27.2 Å². The van der Waals surface area contributed by atoms with Gasteiger partial charge in [0.15, 0.2) is 0 Å². The number of hydrogen-bond acceptors (Lipinski definition) is 2. The van der Waals surface area contributed by atoms with Crippen LogP contribution in [0.15, 0.2) is 0 Å². The van der Waals surface area contributed by atoms with Crippen LogP contribution in [-0.4, -0.2) is 22.3 Å². The Hall–Kier alpha value is -0.570. The smallest absolute Gasteiger partial charge is 0.308 e. The fourth-order valence-electron chi connectivity index (χ4n) is 0.852. The van der Waals surface area contributed by atoms with Gasteiger partial charge in [-0.15, -0.1) is 0 Å². The molecule has 0 bridgehead atoms. The van der Waals surface area contributed by atoms with Gasteiger partial charge >= 0.3 is 5.97 Å². The van der Waals surface area contributed by atoms with E-state index in [4.69, 9.17) is 5.11 Å². The Kier molecular flexibility index (Phi) is 4.11. The van der Waals surface area contributed by atoms with Crippen LogP contribution < -0.4 is 0 Å². The molecule has 0 saturated heterocycles. The van der Waals surface area contributed by atoms with E-state index in [2.05, 4.69) is 0 Å². The van der Waals surface area contributed by atoms with Crippen LogP contribution in [0.5, 0.6) is 0 Å². The van der Waals surface area contributed by atoms with Crippen LogP contribution >= 0.6 is 0 Å². The molecule has 0 saturated carbocycles. The number of carbonyl (C=O) groups is 1. The number of aliphatic carboxylic acids is 1. The van der Waals surface area contributed by atoms with Crippen molar-refractivity contribution in [2.45, 2.75) is 33.3 Å². The summed E-state index contributed by atoms with van der Waals surface area (Å²) in [5.74, 6) is -1.25. The minimum absolute atomic E-state index is 0.340. The van der Waals surface area contributed by atoms with Gasteiger partial charge in [-0.05, 0) is 19.3 Å². The number of hydrogen-bond donors (Lipinski definition) is 2. The van der Waals surface area contributed by atoms with E-state index >= 15 is 0 Å². The maximum Gasteiger partial charge on any atom is 0.308 e. The molecule has 0 unspecified atom stereocenters. The third-order valence-electron chi connectivity index (χ3n) is 1.68. The van der Waals surface area contributed by atoms with E-state index in [1.165, 1.54) is 6.92 Å². The van der Waals surface area contributed by atoms with Crippen molar-refractivity contribution in [1.82, 2.24) is 0 Å². The molecule has 3 nitrogen and oxygen atoms in total. The molecule has 2 atom stereocenters. The first-order valence-electron chi connectivity index (χ1n) is 3.86. The Bertz CT molecular complexity index is 131. The summed E-state index contributed by atoms with van der Waals surface area (Å²) in [5, 5.41) is 17.8. The van der Waals surface area contributed by atoms with Crippen LogP contribution in [0, 0.1) is 11.8 Å². The molecule has 0 heterocycles. The number of carboxylic acid groups (broad SMARTS) is 1. The van der Waals surface area contributed by atoms with Crippen molar-refractivity contribution in [1.29, 1.82) is 0 Å². The molecule has 66 valence electrons. The molecule has 0 rings (SSSR count). The van der Waals surface area contributed by atoms with Crippen molar-refractivity contribution in [2.75, 3.05) is 0 Å². The van der Waals surface area contributed by atoms with Gasteiger partial charge in [-0.1, -0.05) is 13.8 Å². The highest BCUT2D eigenvalue weighted by atomic mass is 16.4. The molecular weight excluding hydrogens is 144 g/mol. The zero-order valence-corrected chi connectivity index (χ0v) is 7.24. The zero-order valence-electron chi connectivity index (χ0n) is 7.24. The highest BCUT2D eigenvalue weighted by Gasteiger charge is 2.21. The van der Waals surface area contributed by atoms with Gasteiger partial charge in [0.05, 0.1) is 12.0 Å². The monoisotopic (exact) mass is 160 g/mol. The predicted octanol–water partition coefficient (Wildman–Crippen LogP) is 1.11. The summed E-state index contributed by atoms with van der Waals surface area (Å²) < 4.78 is 0. The average Bonchev–Trinajstić information content (AvgIpc) is 1.84. The Morgan fingerprint density at radius 1 is 1.36 bits per heavy atom. The van der Waals surface area contributed by atoms with Crippen LogP contribution in [0.2, 0.25) is 0 Å². The lowest BCUT2D eigenvalue weighted by Gasteiger charge is -2.16. The number of aliphatic hydroxyl groups excluding tert-OH is 1. The van der Waals surface area contributed by atoms with Crippen molar-refractivity contribution in [3.63, 3.8) is 0 Å². The minimum Gasteiger partial charge on any atom is -0.481 e. The maximum absolute atomic E-state index is 10.4. The second-order valence-electron chi connectivity index (χ2n) is 3.32. The lowest BCUT2D eigenvalue weighted by Crippen LogP contribution is -2.26.